The second kappa shape index (κ2) is 7.81. The number of carbonyl (C=O) groups excluding carboxylic acids is 1. The molecule has 0 saturated heterocycles. The van der Waals surface area contributed by atoms with E-state index in [0.29, 0.717) is 18.9 Å². The van der Waals surface area contributed by atoms with Crippen LogP contribution in [0.2, 0.25) is 0 Å². The van der Waals surface area contributed by atoms with Crippen LogP contribution in [0.4, 0.5) is 0 Å². The van der Waals surface area contributed by atoms with Gasteiger partial charge in [0, 0.05) is 13.0 Å². The summed E-state index contributed by atoms with van der Waals surface area (Å²) in [6, 6.07) is 7.37. The first-order valence-electron chi connectivity index (χ1n) is 7.70. The molecule has 1 aromatic carbocycles. The van der Waals surface area contributed by atoms with Crippen LogP contribution in [0.3, 0.4) is 0 Å². The van der Waals surface area contributed by atoms with Crippen LogP contribution in [0, 0.1) is 5.92 Å². The number of carboxylic acids is 1. The average molecular weight is 289 g/mol. The van der Waals surface area contributed by atoms with Gasteiger partial charge >= 0.3 is 5.97 Å². The summed E-state index contributed by atoms with van der Waals surface area (Å²) in [4.78, 5) is 22.8. The molecule has 4 heteroatoms. The van der Waals surface area contributed by atoms with Crippen LogP contribution in [0.1, 0.15) is 49.7 Å². The van der Waals surface area contributed by atoms with E-state index in [1.807, 2.05) is 18.2 Å². The monoisotopic (exact) mass is 289 g/mol. The summed E-state index contributed by atoms with van der Waals surface area (Å²) in [5, 5.41) is 11.8. The summed E-state index contributed by atoms with van der Waals surface area (Å²) in [7, 11) is 0. The molecular formula is C17H23NO3. The Bertz CT molecular complexity index is 493. The highest BCUT2D eigenvalue weighted by Gasteiger charge is 2.17. The van der Waals surface area contributed by atoms with Crippen LogP contribution >= 0.6 is 0 Å². The van der Waals surface area contributed by atoms with E-state index < -0.39 is 5.97 Å². The standard InChI is InChI=1S/C17H23NO3/c19-16(10-13-6-2-1-3-7-13)18-12-15-9-5-4-8-14(15)11-17(20)21/h4-5,8-9,13H,1-3,6-7,10-12H2,(H,18,19)(H,20,21). The third-order valence-electron chi connectivity index (χ3n) is 4.13. The van der Waals surface area contributed by atoms with E-state index in [-0.39, 0.29) is 12.3 Å². The number of carboxylic acid groups (broad SMARTS) is 1. The summed E-state index contributed by atoms with van der Waals surface area (Å²) >= 11 is 0. The molecule has 2 rings (SSSR count). The van der Waals surface area contributed by atoms with Crippen molar-refractivity contribution in [3.8, 4) is 0 Å². The molecule has 0 aromatic heterocycles. The van der Waals surface area contributed by atoms with Crippen LogP contribution in [0.25, 0.3) is 0 Å². The Morgan fingerprint density at radius 3 is 2.43 bits per heavy atom. The summed E-state index contributed by atoms with van der Waals surface area (Å²) in [5.74, 6) is -0.254. The van der Waals surface area contributed by atoms with Gasteiger partial charge in [0.1, 0.15) is 0 Å². The third-order valence-corrected chi connectivity index (χ3v) is 4.13. The Balaban J connectivity index is 1.84. The normalized spacial score (nSPS) is 15.6. The van der Waals surface area contributed by atoms with Crippen molar-refractivity contribution in [1.82, 2.24) is 5.32 Å². The first-order valence-corrected chi connectivity index (χ1v) is 7.70. The number of rotatable bonds is 6. The fourth-order valence-electron chi connectivity index (χ4n) is 2.98. The van der Waals surface area contributed by atoms with Gasteiger partial charge in [-0.1, -0.05) is 43.5 Å². The zero-order chi connectivity index (χ0) is 15.1. The number of benzene rings is 1. The highest BCUT2D eigenvalue weighted by atomic mass is 16.4. The Kier molecular flexibility index (Phi) is 5.78. The Morgan fingerprint density at radius 1 is 1.10 bits per heavy atom. The number of hydrogen-bond acceptors (Lipinski definition) is 2. The minimum Gasteiger partial charge on any atom is -0.481 e. The first-order chi connectivity index (χ1) is 10.1. The molecule has 0 radical (unpaired) electrons. The van der Waals surface area contributed by atoms with Gasteiger partial charge in [0.2, 0.25) is 5.91 Å². The molecule has 0 unspecified atom stereocenters. The minimum atomic E-state index is -0.851. The number of nitrogens with one attached hydrogen (secondary N) is 1. The van der Waals surface area contributed by atoms with Crippen molar-refractivity contribution in [1.29, 1.82) is 0 Å². The van der Waals surface area contributed by atoms with E-state index in [0.717, 1.165) is 24.0 Å². The van der Waals surface area contributed by atoms with Crippen LogP contribution < -0.4 is 5.32 Å². The summed E-state index contributed by atoms with van der Waals surface area (Å²) in [6.07, 6.45) is 6.67. The van der Waals surface area contributed by atoms with E-state index in [9.17, 15) is 9.59 Å². The van der Waals surface area contributed by atoms with Crippen molar-refractivity contribution >= 4 is 11.9 Å². The molecule has 0 bridgehead atoms. The highest BCUT2D eigenvalue weighted by molar-refractivity contribution is 5.76. The largest absolute Gasteiger partial charge is 0.481 e. The molecule has 1 aliphatic carbocycles. The highest BCUT2D eigenvalue weighted by Crippen LogP contribution is 2.26. The molecule has 1 fully saturated rings. The maximum absolute atomic E-state index is 12.0. The minimum absolute atomic E-state index is 0.00529. The second-order valence-electron chi connectivity index (χ2n) is 5.82. The van der Waals surface area contributed by atoms with Crippen LogP contribution in [-0.2, 0) is 22.6 Å². The quantitative estimate of drug-likeness (QED) is 0.846. The van der Waals surface area contributed by atoms with Crippen molar-refractivity contribution in [2.45, 2.75) is 51.5 Å². The van der Waals surface area contributed by atoms with Crippen LogP contribution in [0.5, 0.6) is 0 Å². The zero-order valence-electron chi connectivity index (χ0n) is 12.3. The molecular weight excluding hydrogens is 266 g/mol. The lowest BCUT2D eigenvalue weighted by molar-refractivity contribution is -0.136. The number of aliphatic carboxylic acids is 1. The maximum atomic E-state index is 12.0. The predicted octanol–water partition coefficient (Wildman–Crippen LogP) is 2.90. The van der Waals surface area contributed by atoms with E-state index >= 15 is 0 Å². The van der Waals surface area contributed by atoms with Gasteiger partial charge in [-0.05, 0) is 29.9 Å². The van der Waals surface area contributed by atoms with Gasteiger partial charge in [-0.25, -0.2) is 0 Å². The lowest BCUT2D eigenvalue weighted by atomic mass is 9.87. The molecule has 0 spiro atoms. The van der Waals surface area contributed by atoms with Crippen LogP contribution in [0.15, 0.2) is 24.3 Å². The number of carbonyl (C=O) groups is 2. The molecule has 21 heavy (non-hydrogen) atoms. The lowest BCUT2D eigenvalue weighted by Gasteiger charge is -2.21. The van der Waals surface area contributed by atoms with Gasteiger partial charge in [-0.3, -0.25) is 9.59 Å². The molecule has 1 saturated carbocycles. The molecule has 0 heterocycles. The summed E-state index contributed by atoms with van der Waals surface area (Å²) < 4.78 is 0. The van der Waals surface area contributed by atoms with Crippen molar-refractivity contribution in [3.05, 3.63) is 35.4 Å². The molecule has 1 aliphatic rings. The summed E-state index contributed by atoms with van der Waals surface area (Å²) in [5.41, 5.74) is 1.65. The van der Waals surface area contributed by atoms with Gasteiger partial charge in [0.15, 0.2) is 0 Å². The molecule has 0 aliphatic heterocycles. The SMILES string of the molecule is O=C(O)Cc1ccccc1CNC(=O)CC1CCCCC1. The molecule has 1 amide bonds. The molecule has 2 N–H and O–H groups in total. The topological polar surface area (TPSA) is 66.4 Å². The van der Waals surface area contributed by atoms with Gasteiger partial charge in [0.25, 0.3) is 0 Å². The van der Waals surface area contributed by atoms with E-state index in [1.165, 1.54) is 19.3 Å². The van der Waals surface area contributed by atoms with Crippen molar-refractivity contribution in [2.75, 3.05) is 0 Å². The van der Waals surface area contributed by atoms with Crippen LogP contribution in [-0.4, -0.2) is 17.0 Å². The van der Waals surface area contributed by atoms with Crippen molar-refractivity contribution in [3.63, 3.8) is 0 Å². The third kappa shape index (κ3) is 5.21. The fraction of sp³-hybridized carbons (Fsp3) is 0.529. The van der Waals surface area contributed by atoms with Crippen molar-refractivity contribution in [2.24, 2.45) is 5.92 Å². The molecule has 0 atom stereocenters. The second-order valence-corrected chi connectivity index (χ2v) is 5.82. The van der Waals surface area contributed by atoms with Gasteiger partial charge in [0.05, 0.1) is 6.42 Å². The molecule has 4 nitrogen and oxygen atoms in total. The van der Waals surface area contributed by atoms with Gasteiger partial charge in [-0.15, -0.1) is 0 Å². The van der Waals surface area contributed by atoms with E-state index in [1.54, 1.807) is 6.07 Å². The Hall–Kier alpha value is -1.84. The molecule has 114 valence electrons. The summed E-state index contributed by atoms with van der Waals surface area (Å²) in [6.45, 7) is 0.412. The van der Waals surface area contributed by atoms with Gasteiger partial charge < -0.3 is 10.4 Å². The zero-order valence-corrected chi connectivity index (χ0v) is 12.3. The first kappa shape index (κ1) is 15.5. The van der Waals surface area contributed by atoms with E-state index in [4.69, 9.17) is 5.11 Å². The van der Waals surface area contributed by atoms with Crippen molar-refractivity contribution < 1.29 is 14.7 Å². The van der Waals surface area contributed by atoms with E-state index in [2.05, 4.69) is 5.32 Å². The predicted molar refractivity (Wildman–Crippen MR) is 80.8 cm³/mol. The average Bonchev–Trinajstić information content (AvgIpc) is 2.47. The molecule has 1 aromatic rings. The maximum Gasteiger partial charge on any atom is 0.307 e. The fourth-order valence-corrected chi connectivity index (χ4v) is 2.98. The number of amides is 1. The smallest absolute Gasteiger partial charge is 0.307 e. The Labute approximate surface area is 125 Å². The Morgan fingerprint density at radius 2 is 1.76 bits per heavy atom. The lowest BCUT2D eigenvalue weighted by Crippen LogP contribution is -2.26. The number of hydrogen-bond donors (Lipinski definition) is 2. The van der Waals surface area contributed by atoms with Gasteiger partial charge in [-0.2, -0.15) is 0 Å².